The van der Waals surface area contributed by atoms with Crippen LogP contribution in [0.3, 0.4) is 0 Å². The van der Waals surface area contributed by atoms with Crippen LogP contribution in [0.4, 0.5) is 0 Å². The second-order valence-electron chi connectivity index (χ2n) is 6.47. The fourth-order valence-electron chi connectivity index (χ4n) is 2.71. The van der Waals surface area contributed by atoms with E-state index in [1.54, 1.807) is 0 Å². The second-order valence-corrected chi connectivity index (χ2v) is 6.47. The van der Waals surface area contributed by atoms with E-state index in [1.165, 1.54) is 13.3 Å². The van der Waals surface area contributed by atoms with Crippen LogP contribution in [-0.4, -0.2) is 24.4 Å². The lowest BCUT2D eigenvalue weighted by Crippen LogP contribution is -2.33. The van der Waals surface area contributed by atoms with E-state index < -0.39 is 0 Å². The van der Waals surface area contributed by atoms with E-state index in [1.807, 2.05) is 0 Å². The van der Waals surface area contributed by atoms with Crippen molar-refractivity contribution in [2.24, 2.45) is 5.41 Å². The Balaban J connectivity index is 2.01. The Morgan fingerprint density at radius 3 is 2.53 bits per heavy atom. The van der Waals surface area contributed by atoms with E-state index >= 15 is 0 Å². The standard InChI is InChI=1S/C15H28N2O2/c1-12(18)16-10-6-4-5-7-14(19)17-13-8-9-15(2,3)11-13/h13H,4-11H2,1-3H3,(H,16,18)(H,17,19). The highest BCUT2D eigenvalue weighted by atomic mass is 16.2. The lowest BCUT2D eigenvalue weighted by atomic mass is 9.92. The van der Waals surface area contributed by atoms with Crippen molar-refractivity contribution in [3.63, 3.8) is 0 Å². The van der Waals surface area contributed by atoms with Gasteiger partial charge in [-0.15, -0.1) is 0 Å². The van der Waals surface area contributed by atoms with Crippen molar-refractivity contribution in [1.82, 2.24) is 10.6 Å². The maximum atomic E-state index is 11.8. The van der Waals surface area contributed by atoms with Crippen LogP contribution in [-0.2, 0) is 9.59 Å². The maximum Gasteiger partial charge on any atom is 0.220 e. The van der Waals surface area contributed by atoms with Gasteiger partial charge in [0.25, 0.3) is 0 Å². The molecule has 0 aromatic carbocycles. The molecule has 1 rings (SSSR count). The highest BCUT2D eigenvalue weighted by molar-refractivity contribution is 5.76. The summed E-state index contributed by atoms with van der Waals surface area (Å²) in [5.74, 6) is 0.198. The summed E-state index contributed by atoms with van der Waals surface area (Å²) in [6, 6.07) is 0.377. The monoisotopic (exact) mass is 268 g/mol. The summed E-state index contributed by atoms with van der Waals surface area (Å²) in [5.41, 5.74) is 0.385. The molecule has 2 N–H and O–H groups in total. The number of amides is 2. The molecule has 2 amide bonds. The first kappa shape index (κ1) is 16.0. The molecule has 4 nitrogen and oxygen atoms in total. The Kier molecular flexibility index (Phi) is 6.32. The number of hydrogen-bond donors (Lipinski definition) is 2. The van der Waals surface area contributed by atoms with Gasteiger partial charge in [0, 0.05) is 25.9 Å². The molecule has 0 aromatic heterocycles. The number of carbonyl (C=O) groups is 2. The molecular formula is C15H28N2O2. The molecule has 0 saturated heterocycles. The van der Waals surface area contributed by atoms with Gasteiger partial charge in [-0.05, 0) is 37.5 Å². The van der Waals surface area contributed by atoms with Crippen LogP contribution in [0.1, 0.15) is 65.7 Å². The summed E-state index contributed by atoms with van der Waals surface area (Å²) in [6.07, 6.45) is 6.86. The van der Waals surface area contributed by atoms with Gasteiger partial charge in [0.2, 0.25) is 11.8 Å². The smallest absolute Gasteiger partial charge is 0.220 e. The van der Waals surface area contributed by atoms with Gasteiger partial charge in [-0.3, -0.25) is 9.59 Å². The second kappa shape index (κ2) is 7.51. The first-order valence-corrected chi connectivity index (χ1v) is 7.43. The summed E-state index contributed by atoms with van der Waals surface area (Å²) >= 11 is 0. The predicted molar refractivity (Wildman–Crippen MR) is 76.7 cm³/mol. The molecule has 0 aliphatic heterocycles. The Morgan fingerprint density at radius 1 is 1.21 bits per heavy atom. The lowest BCUT2D eigenvalue weighted by Gasteiger charge is -2.17. The van der Waals surface area contributed by atoms with Gasteiger partial charge >= 0.3 is 0 Å². The fraction of sp³-hybridized carbons (Fsp3) is 0.867. The van der Waals surface area contributed by atoms with Crippen LogP contribution in [0.5, 0.6) is 0 Å². The van der Waals surface area contributed by atoms with Crippen molar-refractivity contribution in [3.05, 3.63) is 0 Å². The summed E-state index contributed by atoms with van der Waals surface area (Å²) in [6.45, 7) is 6.77. The van der Waals surface area contributed by atoms with E-state index in [4.69, 9.17) is 0 Å². The molecule has 1 fully saturated rings. The highest BCUT2D eigenvalue weighted by Crippen LogP contribution is 2.36. The third kappa shape index (κ3) is 7.19. The molecule has 110 valence electrons. The molecule has 1 saturated carbocycles. The van der Waals surface area contributed by atoms with Gasteiger partial charge < -0.3 is 10.6 Å². The van der Waals surface area contributed by atoms with E-state index in [0.717, 1.165) is 32.1 Å². The van der Waals surface area contributed by atoms with Crippen molar-refractivity contribution in [1.29, 1.82) is 0 Å². The summed E-state index contributed by atoms with van der Waals surface area (Å²) in [7, 11) is 0. The molecule has 0 spiro atoms. The van der Waals surface area contributed by atoms with Crippen molar-refractivity contribution >= 4 is 11.8 Å². The van der Waals surface area contributed by atoms with Gasteiger partial charge in [0.15, 0.2) is 0 Å². The summed E-state index contributed by atoms with van der Waals surface area (Å²) in [5, 5.41) is 5.90. The van der Waals surface area contributed by atoms with Crippen LogP contribution >= 0.6 is 0 Å². The maximum absolute atomic E-state index is 11.8. The predicted octanol–water partition coefficient (Wildman–Crippen LogP) is 2.38. The summed E-state index contributed by atoms with van der Waals surface area (Å²) in [4.78, 5) is 22.4. The zero-order chi connectivity index (χ0) is 14.3. The van der Waals surface area contributed by atoms with Gasteiger partial charge in [-0.25, -0.2) is 0 Å². The molecule has 1 aliphatic carbocycles. The third-order valence-electron chi connectivity index (χ3n) is 3.79. The average Bonchev–Trinajstić information content (AvgIpc) is 2.62. The fourth-order valence-corrected chi connectivity index (χ4v) is 2.71. The molecule has 4 heteroatoms. The van der Waals surface area contributed by atoms with Crippen molar-refractivity contribution in [2.75, 3.05) is 6.54 Å². The Labute approximate surface area is 116 Å². The number of unbranched alkanes of at least 4 members (excludes halogenated alkanes) is 2. The van der Waals surface area contributed by atoms with Gasteiger partial charge in [0.05, 0.1) is 0 Å². The minimum absolute atomic E-state index is 0.0154. The normalized spacial score (nSPS) is 21.1. The summed E-state index contributed by atoms with van der Waals surface area (Å²) < 4.78 is 0. The number of carbonyl (C=O) groups excluding carboxylic acids is 2. The van der Waals surface area contributed by atoms with Gasteiger partial charge in [-0.1, -0.05) is 20.3 Å². The van der Waals surface area contributed by atoms with Gasteiger partial charge in [0.1, 0.15) is 0 Å². The Bertz CT molecular complexity index is 313. The van der Waals surface area contributed by atoms with E-state index in [0.29, 0.717) is 24.4 Å². The van der Waals surface area contributed by atoms with E-state index in [9.17, 15) is 9.59 Å². The molecule has 1 aliphatic rings. The topological polar surface area (TPSA) is 58.2 Å². The first-order chi connectivity index (χ1) is 8.89. The molecule has 0 radical (unpaired) electrons. The number of rotatable bonds is 7. The lowest BCUT2D eigenvalue weighted by molar-refractivity contribution is -0.122. The molecule has 19 heavy (non-hydrogen) atoms. The van der Waals surface area contributed by atoms with Crippen LogP contribution in [0.15, 0.2) is 0 Å². The van der Waals surface area contributed by atoms with E-state index in [-0.39, 0.29) is 11.8 Å². The number of hydrogen-bond acceptors (Lipinski definition) is 2. The highest BCUT2D eigenvalue weighted by Gasteiger charge is 2.31. The van der Waals surface area contributed by atoms with Crippen LogP contribution < -0.4 is 10.6 Å². The van der Waals surface area contributed by atoms with E-state index in [2.05, 4.69) is 24.5 Å². The van der Waals surface area contributed by atoms with Crippen molar-refractivity contribution < 1.29 is 9.59 Å². The first-order valence-electron chi connectivity index (χ1n) is 7.43. The minimum Gasteiger partial charge on any atom is -0.356 e. The molecule has 0 bridgehead atoms. The average molecular weight is 268 g/mol. The van der Waals surface area contributed by atoms with Crippen molar-refractivity contribution in [2.45, 2.75) is 71.8 Å². The zero-order valence-electron chi connectivity index (χ0n) is 12.6. The molecular weight excluding hydrogens is 240 g/mol. The van der Waals surface area contributed by atoms with Crippen LogP contribution in [0.2, 0.25) is 0 Å². The Morgan fingerprint density at radius 2 is 1.95 bits per heavy atom. The molecule has 1 atom stereocenters. The molecule has 1 unspecified atom stereocenters. The van der Waals surface area contributed by atoms with Crippen LogP contribution in [0, 0.1) is 5.41 Å². The van der Waals surface area contributed by atoms with Crippen LogP contribution in [0.25, 0.3) is 0 Å². The zero-order valence-corrected chi connectivity index (χ0v) is 12.6. The number of nitrogens with one attached hydrogen (secondary N) is 2. The van der Waals surface area contributed by atoms with Gasteiger partial charge in [-0.2, -0.15) is 0 Å². The largest absolute Gasteiger partial charge is 0.356 e. The van der Waals surface area contributed by atoms with Crippen molar-refractivity contribution in [3.8, 4) is 0 Å². The SMILES string of the molecule is CC(=O)NCCCCCC(=O)NC1CCC(C)(C)C1. The quantitative estimate of drug-likeness (QED) is 0.696. The third-order valence-corrected chi connectivity index (χ3v) is 3.79. The minimum atomic E-state index is 0.0154. The Hall–Kier alpha value is -1.06. The molecule has 0 aromatic rings. The molecule has 0 heterocycles.